The minimum atomic E-state index is -0.148. The first-order valence-corrected chi connectivity index (χ1v) is 10.6. The van der Waals surface area contributed by atoms with Gasteiger partial charge in [0.2, 0.25) is 0 Å². The summed E-state index contributed by atoms with van der Waals surface area (Å²) in [6, 6.07) is 13.9. The van der Waals surface area contributed by atoms with Gasteiger partial charge in [-0.25, -0.2) is 4.98 Å². The predicted molar refractivity (Wildman–Crippen MR) is 118 cm³/mol. The van der Waals surface area contributed by atoms with Gasteiger partial charge in [-0.2, -0.15) is 5.26 Å². The fourth-order valence-corrected chi connectivity index (χ4v) is 5.62. The fraction of sp³-hybridized carbons (Fsp3) is 0.0952. The van der Waals surface area contributed by atoms with Crippen LogP contribution in [0.2, 0.25) is 0 Å². The van der Waals surface area contributed by atoms with E-state index in [1.54, 1.807) is 4.90 Å². The Morgan fingerprint density at radius 3 is 2.79 bits per heavy atom. The Labute approximate surface area is 174 Å². The molecule has 4 aromatic rings. The number of fused-ring (bicyclic) bond motifs is 2. The predicted octanol–water partition coefficient (Wildman–Crippen LogP) is 4.26. The summed E-state index contributed by atoms with van der Waals surface area (Å²) in [5.41, 5.74) is 15.9. The van der Waals surface area contributed by atoms with Gasteiger partial charge in [0.15, 0.2) is 0 Å². The van der Waals surface area contributed by atoms with Crippen LogP contribution < -0.4 is 16.4 Å². The largest absolute Gasteiger partial charge is 0.397 e. The van der Waals surface area contributed by atoms with E-state index < -0.39 is 0 Å². The number of benzene rings is 1. The van der Waals surface area contributed by atoms with Gasteiger partial charge in [-0.1, -0.05) is 24.3 Å². The zero-order chi connectivity index (χ0) is 20.1. The zero-order valence-electron chi connectivity index (χ0n) is 15.2. The molecule has 0 bridgehead atoms. The number of nitrogens with zero attached hydrogens (tertiary/aromatic N) is 3. The van der Waals surface area contributed by atoms with E-state index in [4.69, 9.17) is 11.5 Å². The monoisotopic (exact) mass is 417 g/mol. The number of para-hydroxylation sites is 1. The molecule has 5 rings (SSSR count). The molecule has 1 aliphatic heterocycles. The second kappa shape index (κ2) is 6.58. The summed E-state index contributed by atoms with van der Waals surface area (Å²) < 4.78 is 0. The molecular weight excluding hydrogens is 402 g/mol. The number of hydrogen-bond acceptors (Lipinski definition) is 7. The maximum absolute atomic E-state index is 13.4. The van der Waals surface area contributed by atoms with Gasteiger partial charge in [-0.3, -0.25) is 4.79 Å². The molecule has 0 radical (unpaired) electrons. The molecule has 0 saturated carbocycles. The molecule has 0 aliphatic carbocycles. The highest BCUT2D eigenvalue weighted by Crippen LogP contribution is 2.44. The Morgan fingerprint density at radius 2 is 2.03 bits per heavy atom. The highest BCUT2D eigenvalue weighted by Gasteiger charge is 2.30. The molecule has 3 aromatic heterocycles. The van der Waals surface area contributed by atoms with E-state index in [1.807, 2.05) is 41.8 Å². The number of nitrogen functional groups attached to an aromatic ring is 2. The lowest BCUT2D eigenvalue weighted by molar-refractivity contribution is 0.0994. The SMILES string of the molecule is N#Cc1c(N)nc2sc(C(=O)N3CCc4ccccc43)c(N)c2c1-c1cccs1. The van der Waals surface area contributed by atoms with Crippen LogP contribution in [0.1, 0.15) is 20.8 Å². The average Bonchev–Trinajstić information content (AvgIpc) is 3.46. The van der Waals surface area contributed by atoms with Crippen molar-refractivity contribution in [2.45, 2.75) is 6.42 Å². The molecule has 0 saturated heterocycles. The number of hydrogen-bond donors (Lipinski definition) is 2. The van der Waals surface area contributed by atoms with E-state index in [-0.39, 0.29) is 17.3 Å². The third-order valence-electron chi connectivity index (χ3n) is 5.11. The lowest BCUT2D eigenvalue weighted by Crippen LogP contribution is -2.28. The maximum Gasteiger partial charge on any atom is 0.270 e. The normalized spacial score (nSPS) is 12.9. The number of carbonyl (C=O) groups is 1. The van der Waals surface area contributed by atoms with Crippen LogP contribution in [0.4, 0.5) is 17.2 Å². The fourth-order valence-electron chi connectivity index (χ4n) is 3.78. The molecule has 0 unspecified atom stereocenters. The number of amides is 1. The van der Waals surface area contributed by atoms with Crippen molar-refractivity contribution in [2.75, 3.05) is 22.9 Å². The van der Waals surface area contributed by atoms with Crippen molar-refractivity contribution in [3.8, 4) is 16.5 Å². The van der Waals surface area contributed by atoms with Gasteiger partial charge in [0.05, 0.1) is 5.69 Å². The number of anilines is 3. The number of thiophene rings is 2. The Balaban J connectivity index is 1.72. The summed E-state index contributed by atoms with van der Waals surface area (Å²) in [4.78, 5) is 21.4. The number of rotatable bonds is 2. The molecule has 1 aromatic carbocycles. The van der Waals surface area contributed by atoms with Crippen molar-refractivity contribution in [1.82, 2.24) is 4.98 Å². The Morgan fingerprint density at radius 1 is 1.21 bits per heavy atom. The molecule has 29 heavy (non-hydrogen) atoms. The van der Waals surface area contributed by atoms with Gasteiger partial charge in [0, 0.05) is 28.1 Å². The van der Waals surface area contributed by atoms with E-state index in [1.165, 1.54) is 22.7 Å². The van der Waals surface area contributed by atoms with Crippen LogP contribution in [-0.2, 0) is 6.42 Å². The number of aromatic nitrogens is 1. The van der Waals surface area contributed by atoms with Crippen LogP contribution in [0.25, 0.3) is 20.7 Å². The quantitative estimate of drug-likeness (QED) is 0.506. The topological polar surface area (TPSA) is 109 Å². The van der Waals surface area contributed by atoms with Gasteiger partial charge in [0.1, 0.15) is 27.2 Å². The van der Waals surface area contributed by atoms with Crippen LogP contribution >= 0.6 is 22.7 Å². The van der Waals surface area contributed by atoms with Crippen molar-refractivity contribution >= 4 is 56.0 Å². The summed E-state index contributed by atoms with van der Waals surface area (Å²) in [7, 11) is 0. The summed E-state index contributed by atoms with van der Waals surface area (Å²) in [6.07, 6.45) is 0.816. The van der Waals surface area contributed by atoms with E-state index >= 15 is 0 Å². The second-order valence-corrected chi connectivity index (χ2v) is 8.64. The lowest BCUT2D eigenvalue weighted by Gasteiger charge is -2.16. The number of carbonyl (C=O) groups excluding carboxylic acids is 1. The second-order valence-electron chi connectivity index (χ2n) is 6.70. The molecule has 0 spiro atoms. The molecule has 4 N–H and O–H groups in total. The molecular formula is C21H15N5OS2. The lowest BCUT2D eigenvalue weighted by atomic mass is 10.0. The highest BCUT2D eigenvalue weighted by molar-refractivity contribution is 7.21. The zero-order valence-corrected chi connectivity index (χ0v) is 16.8. The average molecular weight is 418 g/mol. The maximum atomic E-state index is 13.4. The standard InChI is InChI=1S/C21H15N5OS2/c22-10-12-15(14-6-3-9-28-14)16-17(23)18(29-20(16)25-19(12)24)21(27)26-8-7-11-4-1-2-5-13(11)26/h1-6,9H,7-8,23H2,(H2,24,25). The molecule has 1 amide bonds. The van der Waals surface area contributed by atoms with Crippen LogP contribution in [0, 0.1) is 11.3 Å². The minimum Gasteiger partial charge on any atom is -0.397 e. The molecule has 6 nitrogen and oxygen atoms in total. The molecule has 4 heterocycles. The first kappa shape index (κ1) is 17.7. The summed E-state index contributed by atoms with van der Waals surface area (Å²) >= 11 is 2.72. The third-order valence-corrected chi connectivity index (χ3v) is 7.09. The minimum absolute atomic E-state index is 0.148. The Bertz CT molecular complexity index is 1320. The number of nitrogens with two attached hydrogens (primary N) is 2. The molecule has 0 atom stereocenters. The molecule has 1 aliphatic rings. The molecule has 142 valence electrons. The molecule has 8 heteroatoms. The van der Waals surface area contributed by atoms with Gasteiger partial charge in [-0.15, -0.1) is 22.7 Å². The Hall–Kier alpha value is -3.41. The first-order valence-electron chi connectivity index (χ1n) is 8.95. The van der Waals surface area contributed by atoms with Crippen LogP contribution in [0.3, 0.4) is 0 Å². The van der Waals surface area contributed by atoms with Crippen molar-refractivity contribution in [1.29, 1.82) is 5.26 Å². The number of nitriles is 1. The smallest absolute Gasteiger partial charge is 0.270 e. The van der Waals surface area contributed by atoms with Crippen molar-refractivity contribution in [2.24, 2.45) is 0 Å². The van der Waals surface area contributed by atoms with Gasteiger partial charge < -0.3 is 16.4 Å². The number of pyridine rings is 1. The summed E-state index contributed by atoms with van der Waals surface area (Å²) in [6.45, 7) is 0.614. The van der Waals surface area contributed by atoms with Crippen molar-refractivity contribution in [3.63, 3.8) is 0 Å². The van der Waals surface area contributed by atoms with Crippen LogP contribution in [0.15, 0.2) is 41.8 Å². The van der Waals surface area contributed by atoms with Crippen molar-refractivity contribution in [3.05, 3.63) is 57.8 Å². The summed E-state index contributed by atoms with van der Waals surface area (Å²) in [5.74, 6) is -0.000161. The van der Waals surface area contributed by atoms with E-state index in [9.17, 15) is 10.1 Å². The summed E-state index contributed by atoms with van der Waals surface area (Å²) in [5, 5.41) is 12.2. The highest BCUT2D eigenvalue weighted by atomic mass is 32.1. The van der Waals surface area contributed by atoms with E-state index in [0.29, 0.717) is 32.9 Å². The van der Waals surface area contributed by atoms with Gasteiger partial charge in [0.25, 0.3) is 5.91 Å². The third kappa shape index (κ3) is 2.59. The van der Waals surface area contributed by atoms with Gasteiger partial charge in [-0.05, 0) is 29.5 Å². The van der Waals surface area contributed by atoms with E-state index in [2.05, 4.69) is 11.1 Å². The van der Waals surface area contributed by atoms with Crippen LogP contribution in [-0.4, -0.2) is 17.4 Å². The van der Waals surface area contributed by atoms with Gasteiger partial charge >= 0.3 is 0 Å². The Kier molecular flexibility index (Phi) is 4.01. The van der Waals surface area contributed by atoms with Crippen LogP contribution in [0.5, 0.6) is 0 Å². The van der Waals surface area contributed by atoms with Crippen molar-refractivity contribution < 1.29 is 4.79 Å². The molecule has 0 fully saturated rings. The first-order chi connectivity index (χ1) is 14.1. The van der Waals surface area contributed by atoms with E-state index in [0.717, 1.165) is 22.5 Å².